The van der Waals surface area contributed by atoms with Crippen molar-refractivity contribution in [1.29, 1.82) is 0 Å². The maximum atomic E-state index is 2.53. The first-order valence-corrected chi connectivity index (χ1v) is 53.2. The van der Waals surface area contributed by atoms with E-state index in [9.17, 15) is 0 Å². The zero-order valence-electron chi connectivity index (χ0n) is 78.6. The van der Waals surface area contributed by atoms with E-state index in [-0.39, 0.29) is 10.8 Å². The molecule has 666 valence electrons. The normalized spacial score (nSPS) is 20.1. The SMILES string of the molecule is c1cc2c3c(c1)C14c5cccc6c(-n7c8ccccc8c8ccccc87)ccc(c56)C1(c1cccc(c1-3)C2)c1cccc2sc3cccc4c3c12.c1ccc(-c2ccc3c4c(cccc24)C24c5cccc6c5-c5c(cccc5C32c2cccc3c2c2c4cccc2n3-c2ccccc2)C6)cc1.c1ccc(-c2ccc3c4c(cccc24)C24c5cccc6c5-c5c(cccc5C32c2cccc3sc5cccc4c5c23)C6)cc1. The van der Waals surface area contributed by atoms with Gasteiger partial charge in [-0.1, -0.05) is 382 Å². The summed E-state index contributed by atoms with van der Waals surface area (Å²) in [5, 5.41) is 19.5. The third kappa shape index (κ3) is 8.15. The Morgan fingerprint density at radius 3 is 0.745 bits per heavy atom. The molecule has 0 N–H and O–H groups in total. The van der Waals surface area contributed by atoms with Gasteiger partial charge in [0, 0.05) is 73.0 Å². The number of nitrogens with zero attached hydrogens (tertiary/aromatic N) is 2. The summed E-state index contributed by atoms with van der Waals surface area (Å²) in [7, 11) is 0. The minimum atomic E-state index is -0.463. The van der Waals surface area contributed by atoms with Crippen molar-refractivity contribution >= 4 is 139 Å². The molecule has 27 aromatic rings. The number of hydrogen-bond acceptors (Lipinski definition) is 2. The van der Waals surface area contributed by atoms with Crippen LogP contribution in [0.1, 0.15) is 134 Å². The number of aromatic nitrogens is 2. The Morgan fingerprint density at radius 2 is 0.400 bits per heavy atom. The quantitative estimate of drug-likeness (QED) is 0.166. The van der Waals surface area contributed by atoms with Gasteiger partial charge in [0.25, 0.3) is 0 Å². The molecule has 12 aliphatic carbocycles. The van der Waals surface area contributed by atoms with Crippen molar-refractivity contribution in [2.75, 3.05) is 0 Å². The van der Waals surface area contributed by atoms with Crippen LogP contribution in [0.15, 0.2) is 449 Å². The number of thiophene rings is 2. The summed E-state index contributed by atoms with van der Waals surface area (Å²) in [6, 6.07) is 173. The van der Waals surface area contributed by atoms with Crippen LogP contribution < -0.4 is 0 Å². The minimum absolute atomic E-state index is 0.382. The number of hydrogen-bond donors (Lipinski definition) is 0. The molecule has 0 saturated carbocycles. The highest BCUT2D eigenvalue weighted by Gasteiger charge is 2.73. The van der Waals surface area contributed by atoms with Gasteiger partial charge in [-0.3, -0.25) is 0 Å². The molecule has 23 aromatic carbocycles. The lowest BCUT2D eigenvalue weighted by atomic mass is 9.44. The lowest BCUT2D eigenvalue weighted by Crippen LogP contribution is -2.53. The van der Waals surface area contributed by atoms with Gasteiger partial charge in [0.15, 0.2) is 0 Å². The monoisotopic (exact) mass is 1860 g/mol. The van der Waals surface area contributed by atoms with Crippen LogP contribution in [0.5, 0.6) is 0 Å². The Morgan fingerprint density at radius 1 is 0.159 bits per heavy atom. The van der Waals surface area contributed by atoms with Crippen LogP contribution in [0.25, 0.3) is 183 Å². The van der Waals surface area contributed by atoms with Crippen LogP contribution in [0.2, 0.25) is 0 Å². The predicted molar refractivity (Wildman–Crippen MR) is 600 cm³/mol. The highest BCUT2D eigenvalue weighted by Crippen LogP contribution is 2.81. The van der Waals surface area contributed by atoms with Crippen molar-refractivity contribution in [3.8, 4) is 67.0 Å². The van der Waals surface area contributed by atoms with Crippen LogP contribution in [0, 0.1) is 0 Å². The maximum Gasteiger partial charge on any atom is 0.0648 e. The molecular formula is C141H80N2S2. The van der Waals surface area contributed by atoms with E-state index in [1.54, 1.807) is 0 Å². The van der Waals surface area contributed by atoms with E-state index >= 15 is 0 Å². The van der Waals surface area contributed by atoms with Gasteiger partial charge in [0.1, 0.15) is 0 Å². The second-order valence-electron chi connectivity index (χ2n) is 42.8. The zero-order valence-corrected chi connectivity index (χ0v) is 80.2. The van der Waals surface area contributed by atoms with Crippen molar-refractivity contribution in [3.63, 3.8) is 0 Å². The molecule has 4 heterocycles. The molecule has 145 heavy (non-hydrogen) atoms. The standard InChI is InChI=1S/C49H27NS.C49H29N.C43H24S/c1-3-20-38-29(12-1)30-13-2-4-21-39(30)50(38)40-25-24-37-45-31(40)14-7-17-34(45)48-32-15-5-10-27-26-28-11-6-16-33(44(28)43(27)32)49(37,48)36-19-9-23-42-47(36)46-35(48)18-8-22-41(46)51-42;1-3-12-29(13-4-1)33-26-27-40-45-34(33)18-9-21-37(45)48-35-19-7-14-30-28-31-15-8-20-36(44(31)43(30)35)49(40,48)39-23-11-25-42-47(39)46-38(48)22-10-24-41(46)50(42)32-16-5-2-6-17-32;1-2-9-24(10-3-1)27-21-22-34-39-28(27)13-6-16-31(39)42-29-14-4-11-25-23-26-12-5-15-30(38(26)37(25)29)43(34,42)33-18-8-20-36-41(33)40-32(42)17-7-19-35(40)44-36/h1-25H,26H2;1-27H,28H2;1-22H,23H2. The number of rotatable bonds is 4. The van der Waals surface area contributed by atoms with Crippen LogP contribution in [0.3, 0.4) is 0 Å². The summed E-state index contributed by atoms with van der Waals surface area (Å²) < 4.78 is 10.6. The van der Waals surface area contributed by atoms with Crippen molar-refractivity contribution in [1.82, 2.24) is 9.13 Å². The largest absolute Gasteiger partial charge is 0.309 e. The molecule has 6 atom stereocenters. The van der Waals surface area contributed by atoms with Gasteiger partial charge in [-0.05, 0) is 302 Å². The molecule has 12 aliphatic rings. The molecule has 0 fully saturated rings. The first-order chi connectivity index (χ1) is 72.0. The highest BCUT2D eigenvalue weighted by atomic mass is 32.1. The maximum absolute atomic E-state index is 2.53. The second-order valence-corrected chi connectivity index (χ2v) is 45.0. The fourth-order valence-corrected chi connectivity index (χ4v) is 36.1. The van der Waals surface area contributed by atoms with Gasteiger partial charge in [0.05, 0.1) is 60.2 Å². The van der Waals surface area contributed by atoms with Crippen LogP contribution in [-0.4, -0.2) is 9.13 Å². The van der Waals surface area contributed by atoms with E-state index in [0.717, 1.165) is 19.3 Å². The molecule has 2 nitrogen and oxygen atoms in total. The van der Waals surface area contributed by atoms with Crippen LogP contribution >= 0.6 is 22.7 Å². The zero-order chi connectivity index (χ0) is 93.5. The Kier molecular flexibility index (Phi) is 13.8. The fourth-order valence-electron chi connectivity index (χ4n) is 33.8. The summed E-state index contributed by atoms with van der Waals surface area (Å²) in [5.41, 5.74) is 54.0. The molecule has 39 rings (SSSR count). The minimum Gasteiger partial charge on any atom is -0.309 e. The first kappa shape index (κ1) is 76.7. The van der Waals surface area contributed by atoms with Crippen LogP contribution in [0.4, 0.5) is 0 Å². The number of fused-ring (bicyclic) bond motifs is 3. The van der Waals surface area contributed by atoms with E-state index in [2.05, 4.69) is 458 Å². The smallest absolute Gasteiger partial charge is 0.0648 e. The van der Waals surface area contributed by atoms with E-state index in [4.69, 9.17) is 0 Å². The molecule has 4 aromatic heterocycles. The molecule has 0 saturated heterocycles. The average Bonchev–Trinajstić information content (AvgIpc) is 1.46. The summed E-state index contributed by atoms with van der Waals surface area (Å²) >= 11 is 3.92. The fraction of sp³-hybridized carbons (Fsp3) is 0.0638. The van der Waals surface area contributed by atoms with Gasteiger partial charge in [0.2, 0.25) is 0 Å². The van der Waals surface area contributed by atoms with Crippen molar-refractivity contribution in [2.45, 2.75) is 51.8 Å². The molecular weight excluding hydrogens is 1790 g/mol. The van der Waals surface area contributed by atoms with Crippen molar-refractivity contribution in [2.24, 2.45) is 0 Å². The first-order valence-electron chi connectivity index (χ1n) is 51.6. The van der Waals surface area contributed by atoms with Gasteiger partial charge < -0.3 is 9.13 Å². The summed E-state index contributed by atoms with van der Waals surface area (Å²) in [6.07, 6.45) is 3.00. The summed E-state index contributed by atoms with van der Waals surface area (Å²) in [5.74, 6) is 0. The molecule has 0 bridgehead atoms. The Bertz CT molecular complexity index is 10400. The Labute approximate surface area is 842 Å². The van der Waals surface area contributed by atoms with Crippen molar-refractivity contribution < 1.29 is 0 Å². The summed E-state index contributed by atoms with van der Waals surface area (Å²) in [4.78, 5) is 0. The van der Waals surface area contributed by atoms with Crippen molar-refractivity contribution in [3.05, 3.63) is 582 Å². The average molecular weight is 1870 g/mol. The third-order valence-corrected chi connectivity index (χ3v) is 40.0. The van der Waals surface area contributed by atoms with Gasteiger partial charge in [-0.25, -0.2) is 0 Å². The molecule has 6 unspecified atom stereocenters. The lowest BCUT2D eigenvalue weighted by Gasteiger charge is -2.55. The topological polar surface area (TPSA) is 9.86 Å². The van der Waals surface area contributed by atoms with E-state index in [1.807, 2.05) is 22.7 Å². The van der Waals surface area contributed by atoms with Gasteiger partial charge >= 0.3 is 0 Å². The van der Waals surface area contributed by atoms with Gasteiger partial charge in [-0.15, -0.1) is 22.7 Å². The third-order valence-electron chi connectivity index (χ3n) is 37.7. The molecule has 0 aliphatic heterocycles. The molecule has 0 spiro atoms. The Balaban J connectivity index is 0.0000000895. The second kappa shape index (κ2) is 26.0. The highest BCUT2D eigenvalue weighted by molar-refractivity contribution is 7.26. The van der Waals surface area contributed by atoms with Crippen LogP contribution in [-0.2, 0) is 51.8 Å². The lowest BCUT2D eigenvalue weighted by molar-refractivity contribution is 0.439. The Hall–Kier alpha value is -17.1. The van der Waals surface area contributed by atoms with Gasteiger partial charge in [-0.2, -0.15) is 0 Å². The van der Waals surface area contributed by atoms with E-state index in [1.165, 1.54) is 317 Å². The number of para-hydroxylation sites is 3. The molecule has 0 radical (unpaired) electrons. The predicted octanol–water partition coefficient (Wildman–Crippen LogP) is 34.4. The molecule has 4 heteroatoms. The molecule has 0 amide bonds. The summed E-state index contributed by atoms with van der Waals surface area (Å²) in [6.45, 7) is 0. The number of benzene rings is 23. The van der Waals surface area contributed by atoms with E-state index < -0.39 is 21.7 Å². The van der Waals surface area contributed by atoms with E-state index in [0.29, 0.717) is 0 Å².